The van der Waals surface area contributed by atoms with E-state index in [0.717, 1.165) is 25.7 Å². The third-order valence-electron chi connectivity index (χ3n) is 4.32. The van der Waals surface area contributed by atoms with Gasteiger partial charge in [0.15, 0.2) is 5.13 Å². The fraction of sp³-hybridized carbons (Fsp3) is 0.500. The zero-order valence-electron chi connectivity index (χ0n) is 16.9. The van der Waals surface area contributed by atoms with Crippen molar-refractivity contribution in [3.8, 4) is 22.8 Å². The summed E-state index contributed by atoms with van der Waals surface area (Å²) in [5, 5.41) is 24.5. The number of hydrogen-bond acceptors (Lipinski definition) is 7. The van der Waals surface area contributed by atoms with E-state index in [0.29, 0.717) is 42.7 Å². The van der Waals surface area contributed by atoms with Crippen LogP contribution in [0.3, 0.4) is 0 Å². The van der Waals surface area contributed by atoms with E-state index in [1.54, 1.807) is 30.6 Å². The number of amides is 2. The first-order valence-corrected chi connectivity index (χ1v) is 10.4. The molecular weight excluding hydrogens is 394 g/mol. The lowest BCUT2D eigenvalue weighted by atomic mass is 10.1. The van der Waals surface area contributed by atoms with E-state index in [1.165, 1.54) is 23.5 Å². The van der Waals surface area contributed by atoms with Crippen LogP contribution in [0.5, 0.6) is 11.5 Å². The zero-order valence-corrected chi connectivity index (χ0v) is 17.7. The van der Waals surface area contributed by atoms with Crippen molar-refractivity contribution in [3.05, 3.63) is 23.6 Å². The van der Waals surface area contributed by atoms with Crippen molar-refractivity contribution in [2.24, 2.45) is 0 Å². The summed E-state index contributed by atoms with van der Waals surface area (Å²) in [6, 6.07) is 4.13. The Morgan fingerprint density at radius 1 is 1.10 bits per heavy atom. The molecule has 0 bridgehead atoms. The number of unbranched alkanes of at least 4 members (excludes halogenated alkanes) is 2. The van der Waals surface area contributed by atoms with Gasteiger partial charge in [0.05, 0.1) is 5.69 Å². The lowest BCUT2D eigenvalue weighted by Crippen LogP contribution is -2.36. The number of hydrogen-bond donors (Lipinski definition) is 3. The molecule has 1 aromatic heterocycles. The Balaban J connectivity index is 1.98. The van der Waals surface area contributed by atoms with Gasteiger partial charge in [-0.15, -0.1) is 11.3 Å². The van der Waals surface area contributed by atoms with E-state index in [4.69, 9.17) is 9.47 Å². The molecule has 2 rings (SSSR count). The molecular formula is C20H29N3O5S. The van der Waals surface area contributed by atoms with Crippen LogP contribution < -0.4 is 5.32 Å². The van der Waals surface area contributed by atoms with Gasteiger partial charge >= 0.3 is 6.03 Å². The van der Waals surface area contributed by atoms with Crippen molar-refractivity contribution in [1.82, 2.24) is 9.88 Å². The number of phenolic OH excluding ortho intramolecular Hbond substituents is 2. The van der Waals surface area contributed by atoms with E-state index in [-0.39, 0.29) is 17.5 Å². The number of aromatic nitrogens is 1. The number of thiazole rings is 1. The standard InChI is InChI=1S/C20H29N3O5S/c1-27-11-5-3-9-23(10-4-6-12-28-2)20(26)22-19-21-17(14-29-19)16-8-7-15(24)13-18(16)25/h7-8,13-14,24-25H,3-6,9-12H2,1-2H3,(H,21,22,26). The number of ether oxygens (including phenoxy) is 2. The second-order valence-electron chi connectivity index (χ2n) is 6.56. The Labute approximate surface area is 175 Å². The van der Waals surface area contributed by atoms with Gasteiger partial charge in [-0.1, -0.05) is 0 Å². The number of methoxy groups -OCH3 is 2. The van der Waals surface area contributed by atoms with Crippen LogP contribution in [0.15, 0.2) is 23.6 Å². The highest BCUT2D eigenvalue weighted by Crippen LogP contribution is 2.33. The average Bonchev–Trinajstić information content (AvgIpc) is 3.14. The monoisotopic (exact) mass is 423 g/mol. The van der Waals surface area contributed by atoms with Gasteiger partial charge in [-0.2, -0.15) is 0 Å². The SMILES string of the molecule is COCCCCN(CCCCOC)C(=O)Nc1nc(-c2ccc(O)cc2O)cs1. The van der Waals surface area contributed by atoms with Gasteiger partial charge in [0.2, 0.25) is 0 Å². The molecule has 2 amide bonds. The predicted molar refractivity (Wildman–Crippen MR) is 114 cm³/mol. The molecule has 0 spiro atoms. The molecule has 0 aliphatic carbocycles. The Bertz CT molecular complexity index is 756. The summed E-state index contributed by atoms with van der Waals surface area (Å²) in [6.45, 7) is 2.62. The van der Waals surface area contributed by atoms with E-state index in [2.05, 4.69) is 10.3 Å². The summed E-state index contributed by atoms with van der Waals surface area (Å²) in [6.07, 6.45) is 3.49. The van der Waals surface area contributed by atoms with Crippen molar-refractivity contribution in [2.75, 3.05) is 45.8 Å². The van der Waals surface area contributed by atoms with Gasteiger partial charge in [-0.25, -0.2) is 9.78 Å². The highest BCUT2D eigenvalue weighted by atomic mass is 32.1. The molecule has 8 nitrogen and oxygen atoms in total. The molecule has 1 aromatic carbocycles. The van der Waals surface area contributed by atoms with Crippen LogP contribution >= 0.6 is 11.3 Å². The van der Waals surface area contributed by atoms with Crippen LogP contribution in [-0.2, 0) is 9.47 Å². The number of nitrogens with one attached hydrogen (secondary N) is 1. The van der Waals surface area contributed by atoms with Crippen molar-refractivity contribution in [2.45, 2.75) is 25.7 Å². The smallest absolute Gasteiger partial charge is 0.323 e. The fourth-order valence-corrected chi connectivity index (χ4v) is 3.48. The summed E-state index contributed by atoms with van der Waals surface area (Å²) in [5.41, 5.74) is 1.03. The molecule has 1 heterocycles. The second kappa shape index (κ2) is 12.3. The first-order valence-electron chi connectivity index (χ1n) is 9.56. The first kappa shape index (κ1) is 22.9. The Morgan fingerprint density at radius 3 is 2.34 bits per heavy atom. The molecule has 0 saturated heterocycles. The normalized spacial score (nSPS) is 10.8. The zero-order chi connectivity index (χ0) is 21.1. The van der Waals surface area contributed by atoms with Crippen LogP contribution in [0.2, 0.25) is 0 Å². The van der Waals surface area contributed by atoms with Gasteiger partial charge in [0, 0.05) is 57.5 Å². The Hall–Kier alpha value is -2.36. The van der Waals surface area contributed by atoms with Crippen molar-refractivity contribution in [1.29, 1.82) is 0 Å². The topological polar surface area (TPSA) is 104 Å². The molecule has 0 unspecified atom stereocenters. The number of phenols is 2. The quantitative estimate of drug-likeness (QED) is 0.447. The lowest BCUT2D eigenvalue weighted by molar-refractivity contribution is 0.175. The minimum atomic E-state index is -0.198. The van der Waals surface area contributed by atoms with Crippen LogP contribution in [0.4, 0.5) is 9.93 Å². The first-order chi connectivity index (χ1) is 14.0. The maximum absolute atomic E-state index is 12.7. The molecule has 0 radical (unpaired) electrons. The van der Waals surface area contributed by atoms with Crippen molar-refractivity contribution >= 4 is 22.5 Å². The van der Waals surface area contributed by atoms with Crippen LogP contribution in [0.25, 0.3) is 11.3 Å². The molecule has 0 aliphatic heterocycles. The third-order valence-corrected chi connectivity index (χ3v) is 5.07. The molecule has 0 aliphatic rings. The van der Waals surface area contributed by atoms with Crippen LogP contribution in [-0.4, -0.2) is 66.7 Å². The fourth-order valence-electron chi connectivity index (χ4n) is 2.78. The number of benzene rings is 1. The van der Waals surface area contributed by atoms with E-state index < -0.39 is 0 Å². The molecule has 29 heavy (non-hydrogen) atoms. The minimum absolute atomic E-state index is 0.0207. The number of rotatable bonds is 12. The molecule has 160 valence electrons. The van der Waals surface area contributed by atoms with E-state index in [1.807, 2.05) is 0 Å². The Morgan fingerprint density at radius 2 is 1.76 bits per heavy atom. The molecule has 0 atom stereocenters. The predicted octanol–water partition coefficient (Wildman–Crippen LogP) is 3.91. The summed E-state index contributed by atoms with van der Waals surface area (Å²) < 4.78 is 10.1. The summed E-state index contributed by atoms with van der Waals surface area (Å²) in [5.74, 6) is -0.0846. The average molecular weight is 424 g/mol. The van der Waals surface area contributed by atoms with Gasteiger partial charge in [0.1, 0.15) is 11.5 Å². The van der Waals surface area contributed by atoms with Gasteiger partial charge in [-0.05, 0) is 37.8 Å². The number of carbonyl (C=O) groups is 1. The summed E-state index contributed by atoms with van der Waals surface area (Å²) in [4.78, 5) is 18.9. The molecule has 2 aromatic rings. The number of carbonyl (C=O) groups excluding carboxylic acids is 1. The summed E-state index contributed by atoms with van der Waals surface area (Å²) in [7, 11) is 3.34. The van der Waals surface area contributed by atoms with Crippen LogP contribution in [0.1, 0.15) is 25.7 Å². The van der Waals surface area contributed by atoms with Crippen molar-refractivity contribution in [3.63, 3.8) is 0 Å². The lowest BCUT2D eigenvalue weighted by Gasteiger charge is -2.22. The van der Waals surface area contributed by atoms with Gasteiger partial charge < -0.3 is 24.6 Å². The second-order valence-corrected chi connectivity index (χ2v) is 7.41. The molecule has 0 saturated carbocycles. The maximum atomic E-state index is 12.7. The molecule has 9 heteroatoms. The largest absolute Gasteiger partial charge is 0.508 e. The maximum Gasteiger partial charge on any atom is 0.323 e. The summed E-state index contributed by atoms with van der Waals surface area (Å²) >= 11 is 1.28. The number of anilines is 1. The molecule has 0 fully saturated rings. The van der Waals surface area contributed by atoms with Crippen molar-refractivity contribution < 1.29 is 24.5 Å². The Kier molecular flexibility index (Phi) is 9.69. The highest BCUT2D eigenvalue weighted by molar-refractivity contribution is 7.14. The highest BCUT2D eigenvalue weighted by Gasteiger charge is 2.16. The number of aromatic hydroxyl groups is 2. The molecule has 3 N–H and O–H groups in total. The number of urea groups is 1. The van der Waals surface area contributed by atoms with Gasteiger partial charge in [0.25, 0.3) is 0 Å². The minimum Gasteiger partial charge on any atom is -0.508 e. The number of nitrogens with zero attached hydrogens (tertiary/aromatic N) is 2. The van der Waals surface area contributed by atoms with Gasteiger partial charge in [-0.3, -0.25) is 5.32 Å². The van der Waals surface area contributed by atoms with Crippen LogP contribution in [0, 0.1) is 0 Å². The van der Waals surface area contributed by atoms with E-state index in [9.17, 15) is 15.0 Å². The van der Waals surface area contributed by atoms with E-state index >= 15 is 0 Å². The third kappa shape index (κ3) is 7.52.